The number of allylic oxidation sites excluding steroid dienone is 3. The van der Waals surface area contributed by atoms with Crippen molar-refractivity contribution in [3.8, 4) is 12.8 Å². The van der Waals surface area contributed by atoms with Crippen LogP contribution in [-0.2, 0) is 51.2 Å². The summed E-state index contributed by atoms with van der Waals surface area (Å²) in [7, 11) is 1.61. The second-order valence-corrected chi connectivity index (χ2v) is 18.0. The van der Waals surface area contributed by atoms with Crippen molar-refractivity contribution in [2.45, 2.75) is 148 Å². The van der Waals surface area contributed by atoms with Crippen molar-refractivity contribution in [3.05, 3.63) is 107 Å². The number of aliphatic hydroxyl groups is 3. The van der Waals surface area contributed by atoms with Gasteiger partial charge in [-0.1, -0.05) is 94.0 Å². The number of para-hydroxylation sites is 1. The Labute approximate surface area is 580 Å². The van der Waals surface area contributed by atoms with Gasteiger partial charge in [-0.2, -0.15) is 25.3 Å². The van der Waals surface area contributed by atoms with Crippen LogP contribution in [0.5, 0.6) is 0 Å². The number of carboxylic acid groups (broad SMARTS) is 1. The summed E-state index contributed by atoms with van der Waals surface area (Å²) in [5.41, 5.74) is 7.95. The van der Waals surface area contributed by atoms with Crippen molar-refractivity contribution in [2.75, 3.05) is 31.6 Å². The largest absolute Gasteiger partial charge is 1.00 e. The van der Waals surface area contributed by atoms with Crippen molar-refractivity contribution < 1.29 is 162 Å². The number of nitrogens with two attached hydrogens (primary N) is 1. The molecule has 0 aliphatic carbocycles. The van der Waals surface area contributed by atoms with Gasteiger partial charge in [0.25, 0.3) is 5.97 Å². The number of hydrogen-bond donors (Lipinski definition) is 14. The molecule has 82 heavy (non-hydrogen) atoms. The Morgan fingerprint density at radius 2 is 1.23 bits per heavy atom. The van der Waals surface area contributed by atoms with E-state index in [1.54, 1.807) is 44.4 Å². The third-order valence-corrected chi connectivity index (χ3v) is 11.8. The number of fused-ring (bicyclic) bond motifs is 1. The number of aliphatic carboxylic acids is 1. The molecule has 0 aliphatic rings. The van der Waals surface area contributed by atoms with Crippen LogP contribution < -0.4 is 140 Å². The third kappa shape index (κ3) is 34.4. The summed E-state index contributed by atoms with van der Waals surface area (Å²) in [6, 6.07) is 6.69. The second kappa shape index (κ2) is 51.8. The minimum absolute atomic E-state index is 0. The number of benzene rings is 2. The molecule has 446 valence electrons. The van der Waals surface area contributed by atoms with Gasteiger partial charge in [0.2, 0.25) is 29.5 Å². The minimum Gasteiger partial charge on any atom is -0.639 e. The number of carbonyl (C=O) groups is 8. The first-order chi connectivity index (χ1) is 38.3. The van der Waals surface area contributed by atoms with Crippen molar-refractivity contribution in [3.63, 3.8) is 0 Å². The van der Waals surface area contributed by atoms with Crippen molar-refractivity contribution in [1.82, 2.24) is 36.9 Å². The molecule has 9 atom stereocenters. The van der Waals surface area contributed by atoms with E-state index < -0.39 is 108 Å². The van der Waals surface area contributed by atoms with Crippen LogP contribution in [0.1, 0.15) is 91.7 Å². The summed E-state index contributed by atoms with van der Waals surface area (Å²) < 4.78 is 0. The van der Waals surface area contributed by atoms with E-state index >= 15 is 0 Å². The number of carbonyl (C=O) groups excluding carboxylic acids is 7. The summed E-state index contributed by atoms with van der Waals surface area (Å²) >= 11 is 8.26. The van der Waals surface area contributed by atoms with Gasteiger partial charge in [0.1, 0.15) is 12.1 Å². The fraction of sp³-hybridized carbons (Fsp3) is 0.500. The number of hydrogen-bond acceptors (Lipinski definition) is 15. The van der Waals surface area contributed by atoms with E-state index in [2.05, 4.69) is 112 Å². The number of nitrogens with one attached hydrogen (secondary N) is 7. The zero-order chi connectivity index (χ0) is 61.2. The molecule has 0 saturated carbocycles. The molecule has 22 nitrogen and oxygen atoms in total. The van der Waals surface area contributed by atoms with E-state index in [1.807, 2.05) is 50.2 Å². The quantitative estimate of drug-likeness (QED) is 0.00834. The molecule has 1 aromatic heterocycles. The predicted molar refractivity (Wildman–Crippen MR) is 320 cm³/mol. The number of amides is 7. The maximum absolute atomic E-state index is 14.2. The number of nitrogens with zero attached hydrogens (tertiary/aromatic N) is 2. The number of aromatic nitrogens is 1. The molecule has 13 N–H and O–H groups in total. The number of rotatable bonds is 30. The zero-order valence-electron chi connectivity index (χ0n) is 49.1. The smallest absolute Gasteiger partial charge is 0.639 e. The van der Waals surface area contributed by atoms with Gasteiger partial charge in [-0.3, -0.25) is 28.8 Å². The molecule has 3 rings (SSSR count). The number of unbranched alkanes of at least 4 members (excludes halogenated alkanes) is 2. The van der Waals surface area contributed by atoms with E-state index in [-0.39, 0.29) is 134 Å². The number of aromatic amines is 1. The number of H-pyrrole nitrogens is 1. The third-order valence-electron chi connectivity index (χ3n) is 11.1. The van der Waals surface area contributed by atoms with Gasteiger partial charge in [-0.05, 0) is 96.6 Å². The topological polar surface area (TPSA) is 360 Å². The fourth-order valence-corrected chi connectivity index (χ4v) is 7.42. The monoisotopic (exact) mass is 1230 g/mol. The molecular formula is C56H86K2N10O12S2. The van der Waals surface area contributed by atoms with Crippen molar-refractivity contribution in [1.29, 1.82) is 0 Å². The molecule has 7 amide bonds. The summed E-state index contributed by atoms with van der Waals surface area (Å²) in [4.78, 5) is 109. The standard InChI is InChI=1S/C43H62N10O11S2.C6H12.C3H6O.C2H6.C2H2.2K/c1-23(54)35(42(62)51-33(22-66)41(61)53-36(24(2)55)43(63)64)52-38(58)29(15-9-10-16-44)49-40(60)31(18-26-19-46-28-14-8-7-13-27(26)28)48-34(56)20-47-37(57)32(21-65)50-39(59)30(45-3)17-25-11-5-4-6-12-25;1-3-5-6-4-2;1-2-3-4;2*1-2;;/h4-8,11-14,19,23-24,29-33,35-36,45-46,54-55H,9-10,15-18,20-22,44H2,1-3H3,(H10,47,48,49,50,51,52,53,56,57,58,59,60,61,62,63,64,65,66);3,5H,4,6H2,1-2H3;2-4H,1H3;1-2H3;1-2H;;/q;;;;;2*+1/p-2/b;5-3-;3-2+;;;;/t23?,24?,29?,30-,31-,32+,33+,35?,36?;;;;;;/m1....../s1. The minimum atomic E-state index is -1.84. The Morgan fingerprint density at radius 3 is 1.73 bits per heavy atom. The Bertz CT molecular complexity index is 2380. The van der Waals surface area contributed by atoms with Gasteiger partial charge < -0.3 is 83.3 Å². The first-order valence-electron chi connectivity index (χ1n) is 26.2. The Kier molecular flexibility index (Phi) is 53.6. The van der Waals surface area contributed by atoms with E-state index in [9.17, 15) is 53.7 Å². The van der Waals surface area contributed by atoms with E-state index in [4.69, 9.17) is 10.8 Å². The molecule has 0 spiro atoms. The summed E-state index contributed by atoms with van der Waals surface area (Å²) in [6.45, 7) is 11.9. The van der Waals surface area contributed by atoms with E-state index in [1.165, 1.54) is 12.8 Å². The molecule has 0 aliphatic heterocycles. The zero-order valence-corrected chi connectivity index (χ0v) is 57.2. The predicted octanol–water partition coefficient (Wildman–Crippen LogP) is -2.31. The van der Waals surface area contributed by atoms with Crippen LogP contribution in [0.25, 0.3) is 21.5 Å². The van der Waals surface area contributed by atoms with Gasteiger partial charge >= 0.3 is 103 Å². The van der Waals surface area contributed by atoms with E-state index in [0.717, 1.165) is 36.6 Å². The molecule has 3 aromatic rings. The van der Waals surface area contributed by atoms with Crippen LogP contribution >= 0.6 is 25.3 Å². The molecule has 0 saturated heterocycles. The average Bonchev–Trinajstić information content (AvgIpc) is 3.90. The maximum atomic E-state index is 14.2. The number of likely N-dealkylation sites (N-methyl/N-ethyl adjacent to an activating group) is 1. The van der Waals surface area contributed by atoms with Crippen LogP contribution in [0, 0.1) is 12.8 Å². The van der Waals surface area contributed by atoms with Crippen molar-refractivity contribution >= 4 is 83.5 Å². The first-order valence-corrected chi connectivity index (χ1v) is 27.5. The van der Waals surface area contributed by atoms with Crippen molar-refractivity contribution in [2.24, 2.45) is 5.73 Å². The number of thiol groups is 2. The molecule has 0 radical (unpaired) electrons. The molecule has 2 aromatic carbocycles. The van der Waals surface area contributed by atoms with Gasteiger partial charge in [0.15, 0.2) is 0 Å². The normalized spacial score (nSPS) is 13.6. The maximum Gasteiger partial charge on any atom is 1.00 e. The van der Waals surface area contributed by atoms with Gasteiger partial charge in [-0.25, -0.2) is 0 Å². The van der Waals surface area contributed by atoms with Crippen LogP contribution in [0.4, 0.5) is 0 Å². The van der Waals surface area contributed by atoms with E-state index in [0.29, 0.717) is 24.8 Å². The number of aliphatic hydroxyl groups excluding tert-OH is 3. The SMILES string of the molecule is C#C.C/C=C/O.C/C=C\CCC.CC.CN[C@H](Cc1ccccc1)C(=O)N[C@@H](CS)C(=O)NCC(=O)N[C@H](Cc1c[nH]c2ccccc12)C(=O)NC(CCCCN)C(=O)[N-]C(C(=O)N[C@@H](CS)C(=O)[N-]C(C(=O)O)C(C)O)C(C)O.[K+].[K+]. The molecule has 1 heterocycles. The summed E-state index contributed by atoms with van der Waals surface area (Å²) in [6.07, 6.45) is 16.7. The summed E-state index contributed by atoms with van der Waals surface area (Å²) in [5.74, 6) is -8.23. The first kappa shape index (κ1) is 84.8. The second-order valence-electron chi connectivity index (χ2n) is 17.2. The van der Waals surface area contributed by atoms with Crippen LogP contribution in [0.15, 0.2) is 85.3 Å². The fourth-order valence-electron chi connectivity index (χ4n) is 6.92. The Morgan fingerprint density at radius 1 is 0.707 bits per heavy atom. The Hall–Kier alpha value is -3.61. The van der Waals surface area contributed by atoms with Gasteiger partial charge in [-0.15, -0.1) is 12.8 Å². The van der Waals surface area contributed by atoms with Gasteiger partial charge in [0.05, 0.1) is 42.7 Å². The average molecular weight is 1230 g/mol. The van der Waals surface area contributed by atoms with Crippen LogP contribution in [0.3, 0.4) is 0 Å². The molecule has 5 unspecified atom stereocenters. The molecule has 0 bridgehead atoms. The van der Waals surface area contributed by atoms with Crippen LogP contribution in [-0.4, -0.2) is 159 Å². The van der Waals surface area contributed by atoms with Gasteiger partial charge in [0, 0.05) is 53.3 Å². The number of carboxylic acids is 1. The summed E-state index contributed by atoms with van der Waals surface area (Å²) in [5, 5.41) is 61.0. The van der Waals surface area contributed by atoms with Crippen LogP contribution in [0.2, 0.25) is 0 Å². The molecule has 26 heteroatoms. The number of terminal acetylenes is 1. The molecule has 0 fully saturated rings. The molecular weight excluding hydrogens is 1150 g/mol. The Balaban J connectivity index is -0.00000171.